The number of benzene rings is 3. The number of hydrogen-bond donors (Lipinski definition) is 2. The van der Waals surface area contributed by atoms with E-state index in [0.717, 1.165) is 16.7 Å². The van der Waals surface area contributed by atoms with Gasteiger partial charge in [-0.1, -0.05) is 54.6 Å². The summed E-state index contributed by atoms with van der Waals surface area (Å²) in [6.07, 6.45) is 2.11. The number of carbonyl (C=O) groups excluding carboxylic acids is 1. The van der Waals surface area contributed by atoms with Crippen molar-refractivity contribution in [3.05, 3.63) is 148 Å². The van der Waals surface area contributed by atoms with Gasteiger partial charge in [-0.05, 0) is 59.2 Å². The van der Waals surface area contributed by atoms with Gasteiger partial charge in [0.25, 0.3) is 5.91 Å². The Hall–Kier alpha value is -5.36. The van der Waals surface area contributed by atoms with Gasteiger partial charge in [0.05, 0.1) is 32.5 Å². The van der Waals surface area contributed by atoms with Crippen LogP contribution >= 0.6 is 0 Å². The third-order valence-electron chi connectivity index (χ3n) is 8.15. The van der Waals surface area contributed by atoms with Crippen molar-refractivity contribution in [2.45, 2.75) is 30.5 Å². The topological polar surface area (TPSA) is 134 Å². The average Bonchev–Trinajstić information content (AvgIpc) is 3.49. The molecule has 3 heterocycles. The van der Waals surface area contributed by atoms with Crippen LogP contribution in [0.2, 0.25) is 0 Å². The Morgan fingerprint density at radius 1 is 0.915 bits per heavy atom. The van der Waals surface area contributed by atoms with Crippen LogP contribution in [-0.4, -0.2) is 58.6 Å². The summed E-state index contributed by atoms with van der Waals surface area (Å²) in [7, 11) is 3.23. The van der Waals surface area contributed by atoms with Gasteiger partial charge in [0, 0.05) is 25.0 Å². The fourth-order valence-electron chi connectivity index (χ4n) is 5.70. The summed E-state index contributed by atoms with van der Waals surface area (Å²) in [5.74, 6) is 1.04. The summed E-state index contributed by atoms with van der Waals surface area (Å²) in [6.45, 7) is -0.00789. The second kappa shape index (κ2) is 14.0. The molecule has 2 N–H and O–H groups in total. The van der Waals surface area contributed by atoms with E-state index in [0.29, 0.717) is 17.1 Å². The Kier molecular flexibility index (Phi) is 9.39. The smallest absolute Gasteiger partial charge is 0.351 e. The van der Waals surface area contributed by atoms with Gasteiger partial charge in [-0.2, -0.15) is 4.98 Å². The van der Waals surface area contributed by atoms with Crippen molar-refractivity contribution in [2.24, 2.45) is 0 Å². The Labute approximate surface area is 271 Å². The number of pyridine rings is 1. The molecular weight excluding hydrogens is 600 g/mol. The van der Waals surface area contributed by atoms with Crippen molar-refractivity contribution >= 4 is 11.7 Å². The highest BCUT2D eigenvalue weighted by Gasteiger charge is 2.42. The summed E-state index contributed by atoms with van der Waals surface area (Å²) in [6, 6.07) is 29.8. The number of aromatic nitrogens is 3. The van der Waals surface area contributed by atoms with Crippen LogP contribution < -0.4 is 20.5 Å². The van der Waals surface area contributed by atoms with E-state index in [2.05, 4.69) is 15.3 Å². The third-order valence-corrected chi connectivity index (χ3v) is 8.15. The maximum Gasteiger partial charge on any atom is 0.351 e. The summed E-state index contributed by atoms with van der Waals surface area (Å²) in [4.78, 5) is 33.4. The summed E-state index contributed by atoms with van der Waals surface area (Å²) in [5, 5.41) is 13.7. The van der Waals surface area contributed by atoms with Gasteiger partial charge >= 0.3 is 5.69 Å². The van der Waals surface area contributed by atoms with Crippen LogP contribution in [0.1, 0.15) is 39.7 Å². The van der Waals surface area contributed by atoms with Gasteiger partial charge < -0.3 is 29.4 Å². The molecule has 0 aliphatic carbocycles. The van der Waals surface area contributed by atoms with Gasteiger partial charge in [-0.3, -0.25) is 14.3 Å². The van der Waals surface area contributed by atoms with E-state index >= 15 is 0 Å². The molecule has 11 nitrogen and oxygen atoms in total. The Bertz CT molecular complexity index is 1800. The first kappa shape index (κ1) is 31.6. The molecule has 240 valence electrons. The van der Waals surface area contributed by atoms with Crippen LogP contribution in [-0.2, 0) is 15.1 Å². The standard InChI is InChI=1S/C36H34N4O7/c1-44-28-14-10-26(11-15-28)36(25-8-4-3-5-9-25,27-12-16-29(45-2)17-13-27)46-23-31-30(41)21-33(47-31)40-20-18-32(39-35(40)43)38-34(42)24-7-6-19-37-22-24/h3-20,22,30-31,33,41H,21,23H2,1-2H3,(H,38,39,42,43)/t30-,31+,33+/m0/s1. The average molecular weight is 635 g/mol. The maximum atomic E-state index is 13.0. The summed E-state index contributed by atoms with van der Waals surface area (Å²) < 4.78 is 25.2. The molecule has 6 rings (SSSR count). The molecule has 0 radical (unpaired) electrons. The molecule has 1 aliphatic heterocycles. The Balaban J connectivity index is 1.26. The molecule has 3 aromatic carbocycles. The number of hydrogen-bond acceptors (Lipinski definition) is 9. The fourth-order valence-corrected chi connectivity index (χ4v) is 5.70. The molecule has 0 bridgehead atoms. The lowest BCUT2D eigenvalue weighted by Gasteiger charge is -2.37. The first-order chi connectivity index (χ1) is 22.9. The van der Waals surface area contributed by atoms with Crippen molar-refractivity contribution in [1.29, 1.82) is 0 Å². The van der Waals surface area contributed by atoms with Gasteiger partial charge in [0.2, 0.25) is 0 Å². The van der Waals surface area contributed by atoms with E-state index in [4.69, 9.17) is 18.9 Å². The molecule has 1 amide bonds. The van der Waals surface area contributed by atoms with Gasteiger partial charge in [0.15, 0.2) is 0 Å². The van der Waals surface area contributed by atoms with Crippen LogP contribution in [0.25, 0.3) is 0 Å². The molecule has 11 heteroatoms. The monoisotopic (exact) mass is 634 g/mol. The third kappa shape index (κ3) is 6.63. The molecule has 0 saturated carbocycles. The zero-order valence-corrected chi connectivity index (χ0v) is 25.9. The number of amides is 1. The lowest BCUT2D eigenvalue weighted by molar-refractivity contribution is -0.0944. The minimum atomic E-state index is -1.10. The number of aliphatic hydroxyl groups is 1. The lowest BCUT2D eigenvalue weighted by atomic mass is 9.80. The fraction of sp³-hybridized carbons (Fsp3) is 0.222. The number of rotatable bonds is 11. The van der Waals surface area contributed by atoms with Crippen LogP contribution in [0.15, 0.2) is 120 Å². The van der Waals surface area contributed by atoms with Crippen LogP contribution in [0.4, 0.5) is 5.82 Å². The first-order valence-electron chi connectivity index (χ1n) is 15.0. The maximum absolute atomic E-state index is 13.0. The van der Waals surface area contributed by atoms with E-state index in [1.54, 1.807) is 32.5 Å². The highest BCUT2D eigenvalue weighted by Crippen LogP contribution is 2.42. The number of nitrogens with one attached hydrogen (secondary N) is 1. The van der Waals surface area contributed by atoms with Crippen molar-refractivity contribution in [2.75, 3.05) is 26.1 Å². The van der Waals surface area contributed by atoms with Gasteiger partial charge in [-0.25, -0.2) is 4.79 Å². The number of methoxy groups -OCH3 is 2. The molecule has 5 aromatic rings. The minimum Gasteiger partial charge on any atom is -0.497 e. The highest BCUT2D eigenvalue weighted by atomic mass is 16.6. The molecule has 1 saturated heterocycles. The molecular formula is C36H34N4O7. The number of nitrogens with zero attached hydrogens (tertiary/aromatic N) is 3. The molecule has 0 spiro atoms. The summed E-state index contributed by atoms with van der Waals surface area (Å²) in [5.41, 5.74) is 1.13. The summed E-state index contributed by atoms with van der Waals surface area (Å²) >= 11 is 0. The second-order valence-electron chi connectivity index (χ2n) is 10.9. The number of carbonyl (C=O) groups is 1. The van der Waals surface area contributed by atoms with Crippen molar-refractivity contribution < 1.29 is 28.8 Å². The molecule has 3 atom stereocenters. The predicted molar refractivity (Wildman–Crippen MR) is 173 cm³/mol. The van der Waals surface area contributed by atoms with E-state index in [9.17, 15) is 14.7 Å². The Morgan fingerprint density at radius 3 is 2.13 bits per heavy atom. The number of anilines is 1. The Morgan fingerprint density at radius 2 is 1.55 bits per heavy atom. The van der Waals surface area contributed by atoms with Crippen LogP contribution in [0, 0.1) is 0 Å². The largest absolute Gasteiger partial charge is 0.497 e. The number of aliphatic hydroxyl groups excluding tert-OH is 1. The zero-order chi connectivity index (χ0) is 32.8. The van der Waals surface area contributed by atoms with Crippen molar-refractivity contribution in [3.63, 3.8) is 0 Å². The predicted octanol–water partition coefficient (Wildman–Crippen LogP) is 4.56. The van der Waals surface area contributed by atoms with E-state index in [1.807, 2.05) is 78.9 Å². The van der Waals surface area contributed by atoms with Crippen molar-refractivity contribution in [3.8, 4) is 11.5 Å². The normalized spacial score (nSPS) is 17.6. The molecule has 1 fully saturated rings. The highest BCUT2D eigenvalue weighted by molar-refractivity contribution is 6.03. The number of ether oxygens (including phenoxy) is 4. The second-order valence-corrected chi connectivity index (χ2v) is 10.9. The van der Waals surface area contributed by atoms with E-state index < -0.39 is 35.6 Å². The zero-order valence-electron chi connectivity index (χ0n) is 25.9. The molecule has 1 aliphatic rings. The van der Waals surface area contributed by atoms with Gasteiger partial charge in [0.1, 0.15) is 35.2 Å². The molecule has 47 heavy (non-hydrogen) atoms. The van der Waals surface area contributed by atoms with Gasteiger partial charge in [-0.15, -0.1) is 0 Å². The lowest BCUT2D eigenvalue weighted by Crippen LogP contribution is -2.38. The van der Waals surface area contributed by atoms with E-state index in [1.165, 1.54) is 23.0 Å². The quantitative estimate of drug-likeness (QED) is 0.201. The van der Waals surface area contributed by atoms with Crippen LogP contribution in [0.5, 0.6) is 11.5 Å². The first-order valence-corrected chi connectivity index (χ1v) is 15.0. The minimum absolute atomic E-state index is 0.00789. The van der Waals surface area contributed by atoms with Crippen molar-refractivity contribution in [1.82, 2.24) is 14.5 Å². The molecule has 2 aromatic heterocycles. The molecule has 0 unspecified atom stereocenters. The SMILES string of the molecule is COc1ccc(C(OC[C@H]2O[C@@H](n3ccc(NC(=O)c4cccnc4)nc3=O)C[C@@H]2O)(c2ccccc2)c2ccc(OC)cc2)cc1. The van der Waals surface area contributed by atoms with E-state index in [-0.39, 0.29) is 18.8 Å². The van der Waals surface area contributed by atoms with Crippen LogP contribution in [0.3, 0.4) is 0 Å².